The first kappa shape index (κ1) is 18.5. The van der Waals surface area contributed by atoms with Gasteiger partial charge in [0, 0.05) is 43.9 Å². The molecule has 0 saturated heterocycles. The van der Waals surface area contributed by atoms with Crippen LogP contribution in [0.4, 0.5) is 0 Å². The Morgan fingerprint density at radius 2 is 1.56 bits per heavy atom. The molecule has 1 atom stereocenters. The van der Waals surface area contributed by atoms with Gasteiger partial charge in [0.25, 0.3) is 0 Å². The van der Waals surface area contributed by atoms with Crippen LogP contribution in [0.3, 0.4) is 0 Å². The van der Waals surface area contributed by atoms with Crippen molar-refractivity contribution in [2.45, 2.75) is 32.0 Å². The summed E-state index contributed by atoms with van der Waals surface area (Å²) in [6, 6.07) is 11.5. The predicted molar refractivity (Wildman–Crippen MR) is 105 cm³/mol. The lowest BCUT2D eigenvalue weighted by atomic mass is 10.1. The molecule has 25 heavy (non-hydrogen) atoms. The Morgan fingerprint density at radius 3 is 2.04 bits per heavy atom. The average molecular weight is 381 g/mol. The third kappa shape index (κ3) is 3.94. The molecule has 1 heterocycles. The van der Waals surface area contributed by atoms with Crippen molar-refractivity contribution in [3.63, 3.8) is 0 Å². The zero-order valence-electron chi connectivity index (χ0n) is 14.3. The van der Waals surface area contributed by atoms with Crippen LogP contribution in [-0.4, -0.2) is 39.6 Å². The Balaban J connectivity index is 1.97. The number of nitrogens with one attached hydrogen (secondary N) is 1. The topological polar surface area (TPSA) is 57.4 Å². The summed E-state index contributed by atoms with van der Waals surface area (Å²) in [5, 5.41) is 26.4. The summed E-state index contributed by atoms with van der Waals surface area (Å²) in [6.45, 7) is 4.61. The second kappa shape index (κ2) is 7.14. The number of aliphatic hydroxyl groups is 2. The number of β-amino-alcohol motifs (C(OH)–C–C–N with tert-alkyl or cyclic N) is 1. The van der Waals surface area contributed by atoms with Gasteiger partial charge in [0.15, 0.2) is 0 Å². The maximum absolute atomic E-state index is 10.5. The molecule has 0 aliphatic rings. The summed E-state index contributed by atoms with van der Waals surface area (Å²) in [5.74, 6) is 0. The second-order valence-corrected chi connectivity index (χ2v) is 7.88. The third-order valence-electron chi connectivity index (χ3n) is 4.39. The number of aliphatic hydroxyl groups excluding tert-OH is 2. The van der Waals surface area contributed by atoms with Crippen LogP contribution in [-0.2, 0) is 6.54 Å². The number of aromatic nitrogens is 1. The number of hydrogen-bond acceptors (Lipinski definition) is 3. The first-order chi connectivity index (χ1) is 11.8. The van der Waals surface area contributed by atoms with Crippen molar-refractivity contribution < 1.29 is 10.2 Å². The fraction of sp³-hybridized carbons (Fsp3) is 0.368. The zero-order valence-corrected chi connectivity index (χ0v) is 15.8. The Hall–Kier alpha value is -1.30. The molecule has 0 spiro atoms. The van der Waals surface area contributed by atoms with Crippen LogP contribution in [0.25, 0.3) is 21.8 Å². The summed E-state index contributed by atoms with van der Waals surface area (Å²) in [4.78, 5) is 0. The van der Waals surface area contributed by atoms with E-state index in [0.29, 0.717) is 23.1 Å². The smallest absolute Gasteiger partial charge is 0.0843 e. The van der Waals surface area contributed by atoms with Crippen LogP contribution in [0.1, 0.15) is 13.8 Å². The van der Waals surface area contributed by atoms with Gasteiger partial charge in [-0.25, -0.2) is 0 Å². The van der Waals surface area contributed by atoms with Crippen molar-refractivity contribution in [1.29, 1.82) is 0 Å². The van der Waals surface area contributed by atoms with E-state index in [1.54, 1.807) is 0 Å². The highest BCUT2D eigenvalue weighted by molar-refractivity contribution is 6.33. The van der Waals surface area contributed by atoms with E-state index < -0.39 is 11.6 Å². The molecule has 6 heteroatoms. The van der Waals surface area contributed by atoms with Gasteiger partial charge in [0.1, 0.15) is 0 Å². The highest BCUT2D eigenvalue weighted by Gasteiger charge is 2.19. The van der Waals surface area contributed by atoms with Gasteiger partial charge in [-0.05, 0) is 50.2 Å². The molecular weight excluding hydrogens is 359 g/mol. The largest absolute Gasteiger partial charge is 0.394 e. The van der Waals surface area contributed by atoms with Crippen molar-refractivity contribution in [3.8, 4) is 0 Å². The minimum absolute atomic E-state index is 0.00605. The summed E-state index contributed by atoms with van der Waals surface area (Å²) >= 11 is 12.3. The van der Waals surface area contributed by atoms with Crippen LogP contribution in [0.5, 0.6) is 0 Å². The first-order valence-corrected chi connectivity index (χ1v) is 8.97. The zero-order chi connectivity index (χ0) is 18.2. The van der Waals surface area contributed by atoms with E-state index in [1.807, 2.05) is 50.2 Å². The van der Waals surface area contributed by atoms with Gasteiger partial charge in [0.2, 0.25) is 0 Å². The lowest BCUT2D eigenvalue weighted by Crippen LogP contribution is -2.46. The standard InChI is InChI=1S/C19H22Cl2N2O2/c1-19(2,11-24)22-9-14(25)10-23-17-5-3-12(20)7-15(17)16-8-13(21)4-6-18(16)23/h3-8,14,22,24-25H,9-11H2,1-2H3. The van der Waals surface area contributed by atoms with Crippen LogP contribution < -0.4 is 5.32 Å². The van der Waals surface area contributed by atoms with E-state index in [0.717, 1.165) is 21.8 Å². The third-order valence-corrected chi connectivity index (χ3v) is 4.86. The van der Waals surface area contributed by atoms with Crippen LogP contribution >= 0.6 is 23.2 Å². The Morgan fingerprint density at radius 1 is 1.04 bits per heavy atom. The molecular formula is C19H22Cl2N2O2. The van der Waals surface area contributed by atoms with E-state index in [2.05, 4.69) is 9.88 Å². The van der Waals surface area contributed by atoms with Crippen molar-refractivity contribution in [2.75, 3.05) is 13.2 Å². The molecule has 4 nitrogen and oxygen atoms in total. The maximum Gasteiger partial charge on any atom is 0.0843 e. The molecule has 1 aromatic heterocycles. The van der Waals surface area contributed by atoms with Gasteiger partial charge in [-0.15, -0.1) is 0 Å². The van der Waals surface area contributed by atoms with E-state index in [4.69, 9.17) is 23.2 Å². The molecule has 0 saturated carbocycles. The molecule has 0 bridgehead atoms. The van der Waals surface area contributed by atoms with Gasteiger partial charge in [-0.3, -0.25) is 0 Å². The molecule has 3 aromatic rings. The van der Waals surface area contributed by atoms with Gasteiger partial charge >= 0.3 is 0 Å². The summed E-state index contributed by atoms with van der Waals surface area (Å²) in [7, 11) is 0. The number of fused-ring (bicyclic) bond motifs is 3. The minimum Gasteiger partial charge on any atom is -0.394 e. The highest BCUT2D eigenvalue weighted by atomic mass is 35.5. The molecule has 3 rings (SSSR count). The lowest BCUT2D eigenvalue weighted by molar-refractivity contribution is 0.124. The van der Waals surface area contributed by atoms with Gasteiger partial charge in [-0.1, -0.05) is 23.2 Å². The van der Waals surface area contributed by atoms with Crippen molar-refractivity contribution in [2.24, 2.45) is 0 Å². The first-order valence-electron chi connectivity index (χ1n) is 8.22. The monoisotopic (exact) mass is 380 g/mol. The molecule has 134 valence electrons. The quantitative estimate of drug-likeness (QED) is 0.609. The van der Waals surface area contributed by atoms with Gasteiger partial charge < -0.3 is 20.1 Å². The SMILES string of the molecule is CC(C)(CO)NCC(O)Cn1c2ccc(Cl)cc2c2cc(Cl)ccc21. The van der Waals surface area contributed by atoms with Crippen molar-refractivity contribution in [1.82, 2.24) is 9.88 Å². The van der Waals surface area contributed by atoms with Gasteiger partial charge in [0.05, 0.1) is 19.3 Å². The maximum atomic E-state index is 10.5. The van der Waals surface area contributed by atoms with Gasteiger partial charge in [-0.2, -0.15) is 0 Å². The van der Waals surface area contributed by atoms with Crippen LogP contribution in [0.2, 0.25) is 10.0 Å². The Labute approximate surface area is 157 Å². The van der Waals surface area contributed by atoms with Crippen molar-refractivity contribution in [3.05, 3.63) is 46.4 Å². The lowest BCUT2D eigenvalue weighted by Gasteiger charge is -2.25. The number of halogens is 2. The summed E-state index contributed by atoms with van der Waals surface area (Å²) < 4.78 is 2.08. The molecule has 2 aromatic carbocycles. The van der Waals surface area contributed by atoms with E-state index in [-0.39, 0.29) is 6.61 Å². The van der Waals surface area contributed by atoms with E-state index in [1.165, 1.54) is 0 Å². The number of benzene rings is 2. The number of rotatable bonds is 6. The molecule has 0 fully saturated rings. The highest BCUT2D eigenvalue weighted by Crippen LogP contribution is 2.33. The predicted octanol–water partition coefficient (Wildman–Crippen LogP) is 3.82. The minimum atomic E-state index is -0.601. The molecule has 0 aliphatic heterocycles. The van der Waals surface area contributed by atoms with Crippen LogP contribution in [0.15, 0.2) is 36.4 Å². The number of nitrogens with zero attached hydrogens (tertiary/aromatic N) is 1. The van der Waals surface area contributed by atoms with Crippen LogP contribution in [0, 0.1) is 0 Å². The van der Waals surface area contributed by atoms with E-state index in [9.17, 15) is 10.2 Å². The summed E-state index contributed by atoms with van der Waals surface area (Å²) in [5.41, 5.74) is 1.58. The Kier molecular flexibility index (Phi) is 5.28. The fourth-order valence-electron chi connectivity index (χ4n) is 2.97. The fourth-order valence-corrected chi connectivity index (χ4v) is 3.31. The Bertz CT molecular complexity index is 846. The molecule has 1 unspecified atom stereocenters. The molecule has 0 aliphatic carbocycles. The second-order valence-electron chi connectivity index (χ2n) is 7.01. The van der Waals surface area contributed by atoms with Crippen molar-refractivity contribution >= 4 is 45.0 Å². The molecule has 0 amide bonds. The molecule has 3 N–H and O–H groups in total. The molecule has 0 radical (unpaired) electrons. The normalized spacial score (nSPS) is 13.7. The number of hydrogen-bond donors (Lipinski definition) is 3. The summed E-state index contributed by atoms with van der Waals surface area (Å²) in [6.07, 6.45) is -0.601. The average Bonchev–Trinajstić information content (AvgIpc) is 2.86. The van der Waals surface area contributed by atoms with E-state index >= 15 is 0 Å².